The Hall–Kier alpha value is 0.270. The summed E-state index contributed by atoms with van der Waals surface area (Å²) in [5, 5.41) is 0. The third-order valence-corrected chi connectivity index (χ3v) is 3.03. The average molecular weight is 204 g/mol. The van der Waals surface area contributed by atoms with E-state index in [1.54, 1.807) is 0 Å². The van der Waals surface area contributed by atoms with Crippen LogP contribution in [0.1, 0.15) is 26.2 Å². The van der Waals surface area contributed by atoms with Crippen LogP contribution >= 0.6 is 12.6 Å². The Morgan fingerprint density at radius 1 is 1.62 bits per heavy atom. The molecule has 0 aromatic carbocycles. The molecule has 0 aromatic heterocycles. The highest BCUT2D eigenvalue weighted by Crippen LogP contribution is 2.13. The minimum Gasteiger partial charge on any atom is -0.378 e. The van der Waals surface area contributed by atoms with Crippen LogP contribution in [0.4, 0.5) is 0 Å². The van der Waals surface area contributed by atoms with Gasteiger partial charge >= 0.3 is 0 Å². The highest BCUT2D eigenvalue weighted by atomic mass is 32.1. The van der Waals surface area contributed by atoms with Crippen molar-refractivity contribution in [2.24, 2.45) is 5.92 Å². The molecule has 1 rings (SSSR count). The normalized spacial score (nSPS) is 24.9. The first-order valence-electron chi connectivity index (χ1n) is 5.17. The maximum atomic E-state index is 5.59. The zero-order valence-corrected chi connectivity index (χ0v) is 9.26. The Morgan fingerprint density at radius 3 is 3.00 bits per heavy atom. The molecule has 0 aliphatic carbocycles. The minimum absolute atomic E-state index is 0.359. The maximum Gasteiger partial charge on any atom is 0.0809 e. The zero-order valence-electron chi connectivity index (χ0n) is 8.37. The van der Waals surface area contributed by atoms with Crippen LogP contribution in [0.3, 0.4) is 0 Å². The van der Waals surface area contributed by atoms with E-state index in [2.05, 4.69) is 19.6 Å². The first kappa shape index (κ1) is 11.3. The number of ether oxygens (including phenoxy) is 2. The van der Waals surface area contributed by atoms with Gasteiger partial charge < -0.3 is 9.47 Å². The van der Waals surface area contributed by atoms with Gasteiger partial charge in [0, 0.05) is 6.61 Å². The number of hydrogen-bond donors (Lipinski definition) is 1. The van der Waals surface area contributed by atoms with Crippen LogP contribution in [0.5, 0.6) is 0 Å². The summed E-state index contributed by atoms with van der Waals surface area (Å²) in [6, 6.07) is 0. The van der Waals surface area contributed by atoms with Gasteiger partial charge in [0.1, 0.15) is 0 Å². The summed E-state index contributed by atoms with van der Waals surface area (Å²) in [7, 11) is 0. The van der Waals surface area contributed by atoms with Gasteiger partial charge in [0.15, 0.2) is 0 Å². The largest absolute Gasteiger partial charge is 0.378 e. The van der Waals surface area contributed by atoms with Gasteiger partial charge in [0.2, 0.25) is 0 Å². The molecule has 0 saturated carbocycles. The van der Waals surface area contributed by atoms with Gasteiger partial charge in [0.25, 0.3) is 0 Å². The number of hydrogen-bond acceptors (Lipinski definition) is 3. The monoisotopic (exact) mass is 204 g/mol. The molecule has 0 N–H and O–H groups in total. The van der Waals surface area contributed by atoms with Crippen molar-refractivity contribution in [2.45, 2.75) is 32.3 Å². The van der Waals surface area contributed by atoms with E-state index in [1.807, 2.05) is 0 Å². The van der Waals surface area contributed by atoms with Crippen molar-refractivity contribution in [1.29, 1.82) is 0 Å². The molecule has 13 heavy (non-hydrogen) atoms. The van der Waals surface area contributed by atoms with Gasteiger partial charge in [-0.1, -0.05) is 13.3 Å². The SMILES string of the molecule is CCC(CS)COCC1CCCO1. The van der Waals surface area contributed by atoms with Crippen molar-refractivity contribution < 1.29 is 9.47 Å². The number of rotatable bonds is 6. The van der Waals surface area contributed by atoms with Crippen LogP contribution in [-0.4, -0.2) is 31.7 Å². The fourth-order valence-electron chi connectivity index (χ4n) is 1.44. The van der Waals surface area contributed by atoms with Crippen molar-refractivity contribution in [1.82, 2.24) is 0 Å². The molecule has 2 atom stereocenters. The van der Waals surface area contributed by atoms with E-state index in [0.717, 1.165) is 38.4 Å². The highest BCUT2D eigenvalue weighted by Gasteiger charge is 2.15. The fourth-order valence-corrected chi connectivity index (χ4v) is 1.81. The molecule has 1 fully saturated rings. The summed E-state index contributed by atoms with van der Waals surface area (Å²) < 4.78 is 11.0. The van der Waals surface area contributed by atoms with Gasteiger partial charge in [0.05, 0.1) is 19.3 Å². The molecule has 2 nitrogen and oxygen atoms in total. The molecule has 0 aromatic rings. The third kappa shape index (κ3) is 4.34. The fraction of sp³-hybridized carbons (Fsp3) is 1.00. The van der Waals surface area contributed by atoms with Crippen LogP contribution in [0.2, 0.25) is 0 Å². The average Bonchev–Trinajstić information content (AvgIpc) is 2.65. The van der Waals surface area contributed by atoms with Crippen molar-refractivity contribution in [3.63, 3.8) is 0 Å². The smallest absolute Gasteiger partial charge is 0.0809 e. The molecule has 1 saturated heterocycles. The third-order valence-electron chi connectivity index (χ3n) is 2.52. The Morgan fingerprint density at radius 2 is 2.46 bits per heavy atom. The van der Waals surface area contributed by atoms with E-state index in [9.17, 15) is 0 Å². The van der Waals surface area contributed by atoms with Crippen LogP contribution < -0.4 is 0 Å². The standard InChI is InChI=1S/C10H20O2S/c1-2-9(8-13)6-11-7-10-4-3-5-12-10/h9-10,13H,2-8H2,1H3. The van der Waals surface area contributed by atoms with E-state index < -0.39 is 0 Å². The lowest BCUT2D eigenvalue weighted by Crippen LogP contribution is -2.18. The first-order valence-corrected chi connectivity index (χ1v) is 5.80. The van der Waals surface area contributed by atoms with Crippen molar-refractivity contribution in [2.75, 3.05) is 25.6 Å². The second-order valence-electron chi connectivity index (χ2n) is 3.63. The summed E-state index contributed by atoms with van der Waals surface area (Å²) in [5.41, 5.74) is 0. The summed E-state index contributed by atoms with van der Waals surface area (Å²) in [5.74, 6) is 1.52. The zero-order chi connectivity index (χ0) is 9.52. The second kappa shape index (κ2) is 6.68. The lowest BCUT2D eigenvalue weighted by molar-refractivity contribution is 0.00729. The Labute approximate surface area is 86.4 Å². The molecular formula is C10H20O2S. The molecule has 1 heterocycles. The second-order valence-corrected chi connectivity index (χ2v) is 3.99. The van der Waals surface area contributed by atoms with Gasteiger partial charge in [-0.2, -0.15) is 12.6 Å². The Balaban J connectivity index is 1.98. The summed E-state index contributed by atoms with van der Waals surface area (Å²) >= 11 is 4.27. The van der Waals surface area contributed by atoms with Crippen LogP contribution in [-0.2, 0) is 9.47 Å². The summed E-state index contributed by atoms with van der Waals surface area (Å²) in [6.07, 6.45) is 3.86. The molecule has 0 spiro atoms. The molecule has 0 amide bonds. The molecule has 2 unspecified atom stereocenters. The van der Waals surface area contributed by atoms with Crippen molar-refractivity contribution >= 4 is 12.6 Å². The van der Waals surface area contributed by atoms with E-state index >= 15 is 0 Å². The van der Waals surface area contributed by atoms with Crippen LogP contribution in [0.15, 0.2) is 0 Å². The summed E-state index contributed by atoms with van der Waals surface area (Å²) in [6.45, 7) is 4.69. The van der Waals surface area contributed by atoms with Crippen LogP contribution in [0, 0.1) is 5.92 Å². The summed E-state index contributed by atoms with van der Waals surface area (Å²) in [4.78, 5) is 0. The van der Waals surface area contributed by atoms with Gasteiger partial charge in [-0.3, -0.25) is 0 Å². The minimum atomic E-state index is 0.359. The lowest BCUT2D eigenvalue weighted by Gasteiger charge is -2.14. The molecule has 1 aliphatic heterocycles. The predicted molar refractivity (Wildman–Crippen MR) is 57.4 cm³/mol. The molecular weight excluding hydrogens is 184 g/mol. The van der Waals surface area contributed by atoms with Crippen molar-refractivity contribution in [3.8, 4) is 0 Å². The van der Waals surface area contributed by atoms with Gasteiger partial charge in [-0.25, -0.2) is 0 Å². The lowest BCUT2D eigenvalue weighted by atomic mass is 10.1. The van der Waals surface area contributed by atoms with E-state index in [-0.39, 0.29) is 0 Å². The predicted octanol–water partition coefficient (Wildman–Crippen LogP) is 2.14. The first-order chi connectivity index (χ1) is 6.36. The van der Waals surface area contributed by atoms with E-state index in [0.29, 0.717) is 12.0 Å². The Bertz CT molecular complexity index is 118. The maximum absolute atomic E-state index is 5.59. The van der Waals surface area contributed by atoms with E-state index in [1.165, 1.54) is 6.42 Å². The molecule has 78 valence electrons. The van der Waals surface area contributed by atoms with E-state index in [4.69, 9.17) is 9.47 Å². The molecule has 0 bridgehead atoms. The Kier molecular flexibility index (Phi) is 5.83. The topological polar surface area (TPSA) is 18.5 Å². The van der Waals surface area contributed by atoms with Crippen LogP contribution in [0.25, 0.3) is 0 Å². The molecule has 3 heteroatoms. The van der Waals surface area contributed by atoms with Gasteiger partial charge in [-0.05, 0) is 24.5 Å². The van der Waals surface area contributed by atoms with Crippen molar-refractivity contribution in [3.05, 3.63) is 0 Å². The molecule has 1 aliphatic rings. The number of thiol groups is 1. The van der Waals surface area contributed by atoms with Gasteiger partial charge in [-0.15, -0.1) is 0 Å². The highest BCUT2D eigenvalue weighted by molar-refractivity contribution is 7.80. The quantitative estimate of drug-likeness (QED) is 0.668. The molecule has 0 radical (unpaired) electrons.